The molecule has 0 heterocycles. The number of ether oxygens (including phenoxy) is 2. The quantitative estimate of drug-likeness (QED) is 0.825. The first-order chi connectivity index (χ1) is 12.0. The number of benzene rings is 1. The summed E-state index contributed by atoms with van der Waals surface area (Å²) < 4.78 is 10.5. The maximum atomic E-state index is 12.5. The molecule has 2 unspecified atom stereocenters. The highest BCUT2D eigenvalue weighted by Gasteiger charge is 2.30. The third-order valence-corrected chi connectivity index (χ3v) is 4.77. The Morgan fingerprint density at radius 1 is 1.12 bits per heavy atom. The lowest BCUT2D eigenvalue weighted by molar-refractivity contribution is -0.143. The second-order valence-corrected chi connectivity index (χ2v) is 6.46. The van der Waals surface area contributed by atoms with Crippen molar-refractivity contribution in [2.45, 2.75) is 51.0 Å². The van der Waals surface area contributed by atoms with Gasteiger partial charge in [-0.25, -0.2) is 0 Å². The summed E-state index contributed by atoms with van der Waals surface area (Å²) in [5, 5.41) is 12.4. The number of carboxylic acids is 1. The summed E-state index contributed by atoms with van der Waals surface area (Å²) >= 11 is 0. The summed E-state index contributed by atoms with van der Waals surface area (Å²) in [6.45, 7) is 0. The summed E-state index contributed by atoms with van der Waals surface area (Å²) in [5.41, 5.74) is 0.720. The second kappa shape index (κ2) is 9.30. The lowest BCUT2D eigenvalue weighted by Gasteiger charge is -2.27. The van der Waals surface area contributed by atoms with Gasteiger partial charge in [0.1, 0.15) is 11.5 Å². The smallest absolute Gasteiger partial charge is 0.308 e. The van der Waals surface area contributed by atoms with Crippen LogP contribution in [-0.2, 0) is 16.0 Å². The van der Waals surface area contributed by atoms with Gasteiger partial charge in [0.2, 0.25) is 5.91 Å². The molecular weight excluding hydrogens is 322 g/mol. The average Bonchev–Trinajstić information content (AvgIpc) is 2.57. The van der Waals surface area contributed by atoms with E-state index in [0.29, 0.717) is 24.3 Å². The number of carbonyl (C=O) groups is 2. The van der Waals surface area contributed by atoms with Crippen molar-refractivity contribution in [2.24, 2.45) is 5.92 Å². The number of rotatable bonds is 6. The minimum atomic E-state index is -0.828. The first kappa shape index (κ1) is 19.1. The Labute approximate surface area is 148 Å². The van der Waals surface area contributed by atoms with Crippen molar-refractivity contribution in [2.75, 3.05) is 14.2 Å². The van der Waals surface area contributed by atoms with Crippen molar-refractivity contribution in [3.05, 3.63) is 23.8 Å². The van der Waals surface area contributed by atoms with E-state index in [1.807, 2.05) is 0 Å². The van der Waals surface area contributed by atoms with Crippen molar-refractivity contribution in [3.8, 4) is 11.5 Å². The van der Waals surface area contributed by atoms with E-state index in [2.05, 4.69) is 5.32 Å². The number of amides is 1. The molecule has 1 amide bonds. The highest BCUT2D eigenvalue weighted by atomic mass is 16.5. The van der Waals surface area contributed by atoms with Gasteiger partial charge in [-0.3, -0.25) is 9.59 Å². The van der Waals surface area contributed by atoms with Crippen LogP contribution in [0.1, 0.15) is 44.1 Å². The lowest BCUT2D eigenvalue weighted by Crippen LogP contribution is -2.44. The Hall–Kier alpha value is -2.24. The van der Waals surface area contributed by atoms with E-state index in [9.17, 15) is 14.7 Å². The number of hydrogen-bond donors (Lipinski definition) is 2. The molecule has 0 aromatic heterocycles. The van der Waals surface area contributed by atoms with Gasteiger partial charge in [0, 0.05) is 11.6 Å². The van der Waals surface area contributed by atoms with E-state index < -0.39 is 11.9 Å². The zero-order valence-electron chi connectivity index (χ0n) is 14.9. The maximum absolute atomic E-state index is 12.5. The Morgan fingerprint density at radius 2 is 1.84 bits per heavy atom. The fourth-order valence-electron chi connectivity index (χ4n) is 3.40. The van der Waals surface area contributed by atoms with E-state index in [-0.39, 0.29) is 18.4 Å². The van der Waals surface area contributed by atoms with Crippen LogP contribution in [0.2, 0.25) is 0 Å². The number of methoxy groups -OCH3 is 2. The fraction of sp³-hybridized carbons (Fsp3) is 0.579. The molecule has 1 saturated carbocycles. The Balaban J connectivity index is 2.08. The van der Waals surface area contributed by atoms with Crippen molar-refractivity contribution >= 4 is 11.9 Å². The van der Waals surface area contributed by atoms with Crippen LogP contribution in [0.25, 0.3) is 0 Å². The third kappa shape index (κ3) is 5.37. The molecule has 0 aliphatic heterocycles. The molecule has 0 saturated heterocycles. The first-order valence-electron chi connectivity index (χ1n) is 8.78. The highest BCUT2D eigenvalue weighted by Crippen LogP contribution is 2.26. The van der Waals surface area contributed by atoms with Gasteiger partial charge in [0.05, 0.1) is 26.6 Å². The van der Waals surface area contributed by atoms with Crippen LogP contribution in [0, 0.1) is 5.92 Å². The zero-order chi connectivity index (χ0) is 18.2. The highest BCUT2D eigenvalue weighted by molar-refractivity contribution is 5.81. The topological polar surface area (TPSA) is 84.9 Å². The minimum Gasteiger partial charge on any atom is -0.497 e. The first-order valence-corrected chi connectivity index (χ1v) is 8.78. The van der Waals surface area contributed by atoms with Gasteiger partial charge in [0.15, 0.2) is 0 Å². The normalized spacial score (nSPS) is 20.9. The fourth-order valence-corrected chi connectivity index (χ4v) is 3.40. The predicted molar refractivity (Wildman–Crippen MR) is 94.0 cm³/mol. The molecule has 1 aromatic carbocycles. The van der Waals surface area contributed by atoms with Crippen molar-refractivity contribution < 1.29 is 24.2 Å². The Morgan fingerprint density at radius 3 is 2.48 bits per heavy atom. The van der Waals surface area contributed by atoms with E-state index in [4.69, 9.17) is 9.47 Å². The van der Waals surface area contributed by atoms with E-state index in [1.54, 1.807) is 32.4 Å². The molecule has 2 rings (SSSR count). The van der Waals surface area contributed by atoms with Crippen molar-refractivity contribution in [1.82, 2.24) is 5.32 Å². The molecule has 0 bridgehead atoms. The number of carbonyl (C=O) groups excluding carboxylic acids is 1. The minimum absolute atomic E-state index is 0.128. The molecule has 1 fully saturated rings. The van der Waals surface area contributed by atoms with Gasteiger partial charge >= 0.3 is 5.97 Å². The Kier molecular flexibility index (Phi) is 7.10. The van der Waals surface area contributed by atoms with Gasteiger partial charge in [-0.2, -0.15) is 0 Å². The number of aliphatic carboxylic acids is 1. The van der Waals surface area contributed by atoms with Crippen LogP contribution in [0.3, 0.4) is 0 Å². The van der Waals surface area contributed by atoms with Gasteiger partial charge in [-0.15, -0.1) is 0 Å². The number of carboxylic acid groups (broad SMARTS) is 1. The van der Waals surface area contributed by atoms with Gasteiger partial charge in [0.25, 0.3) is 0 Å². The number of hydrogen-bond acceptors (Lipinski definition) is 4. The Bertz CT molecular complexity index is 601. The molecule has 0 radical (unpaired) electrons. The summed E-state index contributed by atoms with van der Waals surface area (Å²) in [6, 6.07) is 4.99. The summed E-state index contributed by atoms with van der Waals surface area (Å²) in [7, 11) is 3.12. The zero-order valence-corrected chi connectivity index (χ0v) is 14.9. The summed E-state index contributed by atoms with van der Waals surface area (Å²) in [5.74, 6) is -0.271. The van der Waals surface area contributed by atoms with Gasteiger partial charge < -0.3 is 19.9 Å². The average molecular weight is 349 g/mol. The molecule has 1 aliphatic rings. The standard InChI is InChI=1S/C19H27NO5/c1-24-14-9-10-17(25-2)13(11-14)12-18(21)20-16-8-6-4-3-5-7-15(16)19(22)23/h9-11,15-16H,3-8,12H2,1-2H3,(H,20,21)(H,22,23). The molecule has 0 spiro atoms. The van der Waals surface area contributed by atoms with E-state index in [1.165, 1.54) is 0 Å². The van der Waals surface area contributed by atoms with Crippen LogP contribution in [0.15, 0.2) is 18.2 Å². The molecule has 1 aliphatic carbocycles. The number of nitrogens with one attached hydrogen (secondary N) is 1. The SMILES string of the molecule is COc1ccc(OC)c(CC(=O)NC2CCCCCCC2C(=O)O)c1. The van der Waals surface area contributed by atoms with E-state index >= 15 is 0 Å². The molecule has 25 heavy (non-hydrogen) atoms. The third-order valence-electron chi connectivity index (χ3n) is 4.77. The molecule has 2 atom stereocenters. The largest absolute Gasteiger partial charge is 0.497 e. The van der Waals surface area contributed by atoms with Gasteiger partial charge in [-0.1, -0.05) is 25.7 Å². The molecule has 2 N–H and O–H groups in total. The van der Waals surface area contributed by atoms with Crippen LogP contribution in [-0.4, -0.2) is 37.2 Å². The second-order valence-electron chi connectivity index (χ2n) is 6.46. The maximum Gasteiger partial charge on any atom is 0.308 e. The monoisotopic (exact) mass is 349 g/mol. The predicted octanol–water partition coefficient (Wildman–Crippen LogP) is 2.79. The van der Waals surface area contributed by atoms with Crippen molar-refractivity contribution in [3.63, 3.8) is 0 Å². The molecule has 6 nitrogen and oxygen atoms in total. The lowest BCUT2D eigenvalue weighted by atomic mass is 9.86. The molecular formula is C19H27NO5. The van der Waals surface area contributed by atoms with Crippen LogP contribution < -0.4 is 14.8 Å². The van der Waals surface area contributed by atoms with Gasteiger partial charge in [-0.05, 0) is 31.0 Å². The van der Waals surface area contributed by atoms with Crippen LogP contribution in [0.4, 0.5) is 0 Å². The molecule has 6 heteroatoms. The molecule has 138 valence electrons. The summed E-state index contributed by atoms with van der Waals surface area (Å²) in [4.78, 5) is 24.1. The van der Waals surface area contributed by atoms with Crippen LogP contribution >= 0.6 is 0 Å². The molecule has 1 aromatic rings. The van der Waals surface area contributed by atoms with E-state index in [0.717, 1.165) is 31.2 Å². The van der Waals surface area contributed by atoms with Crippen LogP contribution in [0.5, 0.6) is 11.5 Å². The van der Waals surface area contributed by atoms with Crippen molar-refractivity contribution in [1.29, 1.82) is 0 Å². The summed E-state index contributed by atoms with van der Waals surface area (Å²) in [6.07, 6.45) is 5.43.